The topological polar surface area (TPSA) is 69.6 Å². The van der Waals surface area contributed by atoms with Crippen molar-refractivity contribution >= 4 is 12.0 Å². The predicted molar refractivity (Wildman–Crippen MR) is 78.6 cm³/mol. The Morgan fingerprint density at radius 1 is 1.25 bits per heavy atom. The first-order valence-electron chi connectivity index (χ1n) is 7.52. The van der Waals surface area contributed by atoms with Crippen LogP contribution >= 0.6 is 0 Å². The van der Waals surface area contributed by atoms with Crippen LogP contribution in [0.4, 0.5) is 4.79 Å². The van der Waals surface area contributed by atoms with Crippen molar-refractivity contribution < 1.29 is 14.7 Å². The molecule has 1 aliphatic carbocycles. The molecule has 0 aliphatic heterocycles. The Morgan fingerprint density at radius 2 is 1.80 bits per heavy atom. The van der Waals surface area contributed by atoms with Gasteiger partial charge in [-0.2, -0.15) is 0 Å². The van der Waals surface area contributed by atoms with E-state index in [-0.39, 0.29) is 18.6 Å². The number of amides is 2. The molecule has 0 aromatic rings. The number of urea groups is 1. The van der Waals surface area contributed by atoms with Gasteiger partial charge in [-0.25, -0.2) is 4.79 Å². The maximum Gasteiger partial charge on any atom is 0.317 e. The van der Waals surface area contributed by atoms with Crippen LogP contribution in [-0.2, 0) is 4.79 Å². The summed E-state index contributed by atoms with van der Waals surface area (Å²) in [5, 5.41) is 12.2. The van der Waals surface area contributed by atoms with Crippen molar-refractivity contribution in [2.75, 3.05) is 13.6 Å². The van der Waals surface area contributed by atoms with Gasteiger partial charge in [-0.3, -0.25) is 4.79 Å². The van der Waals surface area contributed by atoms with Crippen LogP contribution in [0.15, 0.2) is 0 Å². The van der Waals surface area contributed by atoms with Gasteiger partial charge in [0, 0.05) is 19.6 Å². The highest BCUT2D eigenvalue weighted by molar-refractivity contribution is 5.78. The lowest BCUT2D eigenvalue weighted by Gasteiger charge is -2.29. The Morgan fingerprint density at radius 3 is 2.25 bits per heavy atom. The van der Waals surface area contributed by atoms with Gasteiger partial charge in [-0.1, -0.05) is 26.7 Å². The quantitative estimate of drug-likeness (QED) is 0.788. The van der Waals surface area contributed by atoms with E-state index in [0.29, 0.717) is 18.8 Å². The summed E-state index contributed by atoms with van der Waals surface area (Å²) in [7, 11) is 1.77. The predicted octanol–water partition coefficient (Wildman–Crippen LogP) is 2.71. The zero-order valence-electron chi connectivity index (χ0n) is 13.1. The maximum atomic E-state index is 12.1. The second-order valence-corrected chi connectivity index (χ2v) is 6.54. The lowest BCUT2D eigenvalue weighted by Crippen LogP contribution is -2.48. The van der Waals surface area contributed by atoms with Crippen LogP contribution in [0.3, 0.4) is 0 Å². The van der Waals surface area contributed by atoms with Gasteiger partial charge in [-0.15, -0.1) is 0 Å². The van der Waals surface area contributed by atoms with Crippen molar-refractivity contribution in [1.29, 1.82) is 0 Å². The normalized spacial score (nSPS) is 18.9. The van der Waals surface area contributed by atoms with Crippen LogP contribution < -0.4 is 5.32 Å². The van der Waals surface area contributed by atoms with Crippen molar-refractivity contribution in [2.24, 2.45) is 11.3 Å². The molecule has 5 nitrogen and oxygen atoms in total. The Labute approximate surface area is 121 Å². The minimum atomic E-state index is -0.784. The van der Waals surface area contributed by atoms with Gasteiger partial charge in [0.25, 0.3) is 0 Å². The molecule has 5 heteroatoms. The Bertz CT molecular complexity index is 349. The van der Waals surface area contributed by atoms with E-state index in [2.05, 4.69) is 19.2 Å². The number of carbonyl (C=O) groups is 2. The van der Waals surface area contributed by atoms with Crippen molar-refractivity contribution in [3.63, 3.8) is 0 Å². The monoisotopic (exact) mass is 284 g/mol. The van der Waals surface area contributed by atoms with Crippen molar-refractivity contribution in [1.82, 2.24) is 10.2 Å². The minimum absolute atomic E-state index is 0.152. The zero-order chi connectivity index (χ0) is 15.3. The van der Waals surface area contributed by atoms with Gasteiger partial charge in [-0.05, 0) is 32.1 Å². The van der Waals surface area contributed by atoms with E-state index >= 15 is 0 Å². The summed E-state index contributed by atoms with van der Waals surface area (Å²) in [6, 6.07) is -0.0231. The first kappa shape index (κ1) is 16.8. The van der Waals surface area contributed by atoms with E-state index in [4.69, 9.17) is 0 Å². The zero-order valence-corrected chi connectivity index (χ0v) is 13.1. The molecule has 1 fully saturated rings. The van der Waals surface area contributed by atoms with E-state index < -0.39 is 11.4 Å². The third-order valence-corrected chi connectivity index (χ3v) is 4.39. The lowest BCUT2D eigenvalue weighted by molar-refractivity contribution is -0.148. The first-order chi connectivity index (χ1) is 9.28. The van der Waals surface area contributed by atoms with Crippen molar-refractivity contribution in [2.45, 2.75) is 58.9 Å². The van der Waals surface area contributed by atoms with Crippen molar-refractivity contribution in [3.8, 4) is 0 Å². The van der Waals surface area contributed by atoms with Crippen LogP contribution in [0.5, 0.6) is 0 Å². The molecule has 0 aromatic heterocycles. The number of nitrogens with one attached hydrogen (secondary N) is 1. The minimum Gasteiger partial charge on any atom is -0.481 e. The third-order valence-electron chi connectivity index (χ3n) is 4.39. The Hall–Kier alpha value is -1.26. The second-order valence-electron chi connectivity index (χ2n) is 6.54. The van der Waals surface area contributed by atoms with Crippen LogP contribution in [0.1, 0.15) is 52.9 Å². The van der Waals surface area contributed by atoms with Gasteiger partial charge in [0.1, 0.15) is 0 Å². The highest BCUT2D eigenvalue weighted by Gasteiger charge is 2.41. The summed E-state index contributed by atoms with van der Waals surface area (Å²) in [6.07, 6.45) is 4.12. The van der Waals surface area contributed by atoms with Crippen LogP contribution in [-0.4, -0.2) is 41.6 Å². The summed E-state index contributed by atoms with van der Waals surface area (Å²) < 4.78 is 0. The van der Waals surface area contributed by atoms with Gasteiger partial charge in [0.05, 0.1) is 5.41 Å². The summed E-state index contributed by atoms with van der Waals surface area (Å²) in [5.41, 5.74) is -0.752. The molecule has 116 valence electrons. The lowest BCUT2D eigenvalue weighted by atomic mass is 9.86. The second kappa shape index (κ2) is 6.95. The molecule has 20 heavy (non-hydrogen) atoms. The smallest absolute Gasteiger partial charge is 0.317 e. The molecular weight excluding hydrogens is 256 g/mol. The molecule has 2 amide bonds. The molecule has 2 N–H and O–H groups in total. The Kier molecular flexibility index (Phi) is 5.84. The van der Waals surface area contributed by atoms with Gasteiger partial charge in [0.2, 0.25) is 0 Å². The number of hydrogen-bond donors (Lipinski definition) is 2. The fourth-order valence-corrected chi connectivity index (χ4v) is 2.93. The summed E-state index contributed by atoms with van der Waals surface area (Å²) in [4.78, 5) is 25.2. The van der Waals surface area contributed by atoms with Gasteiger partial charge >= 0.3 is 12.0 Å². The molecule has 0 spiro atoms. The van der Waals surface area contributed by atoms with E-state index in [1.807, 2.05) is 6.92 Å². The number of carboxylic acids is 1. The van der Waals surface area contributed by atoms with E-state index in [9.17, 15) is 14.7 Å². The molecule has 0 radical (unpaired) electrons. The molecule has 1 aliphatic rings. The molecule has 0 aromatic carbocycles. The fraction of sp³-hybridized carbons (Fsp3) is 0.867. The maximum absolute atomic E-state index is 12.1. The number of hydrogen-bond acceptors (Lipinski definition) is 2. The molecular formula is C15H28N2O3. The molecule has 1 saturated carbocycles. The number of rotatable bonds is 6. The highest BCUT2D eigenvalue weighted by atomic mass is 16.4. The molecule has 1 rings (SSSR count). The summed E-state index contributed by atoms with van der Waals surface area (Å²) in [5.74, 6) is -0.256. The Balaban J connectivity index is 2.51. The van der Waals surface area contributed by atoms with E-state index in [0.717, 1.165) is 19.3 Å². The molecule has 0 bridgehead atoms. The molecule has 1 unspecified atom stereocenters. The van der Waals surface area contributed by atoms with E-state index in [1.54, 1.807) is 11.9 Å². The van der Waals surface area contributed by atoms with Gasteiger partial charge < -0.3 is 15.3 Å². The SMILES string of the molecule is CC(C)CC(C)N(C)C(=O)NCC1(C(=O)O)CCCC1. The highest BCUT2D eigenvalue weighted by Crippen LogP contribution is 2.37. The van der Waals surface area contributed by atoms with Crippen LogP contribution in [0.2, 0.25) is 0 Å². The number of carboxylic acid groups (broad SMARTS) is 1. The van der Waals surface area contributed by atoms with Crippen LogP contribution in [0.25, 0.3) is 0 Å². The average Bonchev–Trinajstić information content (AvgIpc) is 2.84. The molecule has 1 atom stereocenters. The number of aliphatic carboxylic acids is 1. The summed E-state index contributed by atoms with van der Waals surface area (Å²) in [6.45, 7) is 6.50. The fourth-order valence-electron chi connectivity index (χ4n) is 2.93. The third kappa shape index (κ3) is 4.12. The first-order valence-corrected chi connectivity index (χ1v) is 7.52. The van der Waals surface area contributed by atoms with Crippen molar-refractivity contribution in [3.05, 3.63) is 0 Å². The number of carbonyl (C=O) groups excluding carboxylic acids is 1. The van der Waals surface area contributed by atoms with E-state index in [1.165, 1.54) is 0 Å². The standard InChI is InChI=1S/C15H28N2O3/c1-11(2)9-12(3)17(4)14(20)16-10-15(13(18)19)7-5-6-8-15/h11-12H,5-10H2,1-4H3,(H,16,20)(H,18,19). The van der Waals surface area contributed by atoms with Crippen LogP contribution in [0, 0.1) is 11.3 Å². The average molecular weight is 284 g/mol. The largest absolute Gasteiger partial charge is 0.481 e. The van der Waals surface area contributed by atoms with Gasteiger partial charge in [0.15, 0.2) is 0 Å². The molecule has 0 saturated heterocycles. The number of nitrogens with zero attached hydrogens (tertiary/aromatic N) is 1. The molecule has 0 heterocycles. The summed E-state index contributed by atoms with van der Waals surface area (Å²) >= 11 is 0.